The zero-order chi connectivity index (χ0) is 14.5. The summed E-state index contributed by atoms with van der Waals surface area (Å²) in [6, 6.07) is 4.77. The van der Waals surface area contributed by atoms with Gasteiger partial charge in [0.05, 0.1) is 5.02 Å². The number of nitrogens with zero attached hydrogens (tertiary/aromatic N) is 1. The maximum Gasteiger partial charge on any atom is 0.142 e. The molecule has 0 saturated carbocycles. The lowest BCUT2D eigenvalue weighted by Gasteiger charge is -2.20. The van der Waals surface area contributed by atoms with E-state index in [1.807, 2.05) is 0 Å². The van der Waals surface area contributed by atoms with Crippen molar-refractivity contribution in [2.24, 2.45) is 11.7 Å². The van der Waals surface area contributed by atoms with Crippen molar-refractivity contribution in [3.63, 3.8) is 0 Å². The lowest BCUT2D eigenvalue weighted by atomic mass is 9.95. The quantitative estimate of drug-likeness (QED) is 0.911. The SMILES string of the molecule is CN1CC(CN)CC1c1cc(Cl)c2c(c1)CC(C)(C)O2. The van der Waals surface area contributed by atoms with Crippen LogP contribution in [0.2, 0.25) is 5.02 Å². The van der Waals surface area contributed by atoms with Crippen molar-refractivity contribution in [1.82, 2.24) is 4.90 Å². The molecule has 3 nitrogen and oxygen atoms in total. The predicted octanol–water partition coefficient (Wildman–Crippen LogP) is 3.01. The molecule has 1 fully saturated rings. The van der Waals surface area contributed by atoms with E-state index in [-0.39, 0.29) is 5.60 Å². The highest BCUT2D eigenvalue weighted by Gasteiger charge is 2.35. The second kappa shape index (κ2) is 4.90. The second-order valence-corrected chi connectivity index (χ2v) is 7.23. The molecule has 0 spiro atoms. The van der Waals surface area contributed by atoms with Crippen LogP contribution in [-0.4, -0.2) is 30.6 Å². The molecule has 1 saturated heterocycles. The number of ether oxygens (including phenoxy) is 1. The summed E-state index contributed by atoms with van der Waals surface area (Å²) in [6.07, 6.45) is 2.04. The molecule has 1 aromatic rings. The van der Waals surface area contributed by atoms with Gasteiger partial charge in [-0.3, -0.25) is 4.90 Å². The van der Waals surface area contributed by atoms with Gasteiger partial charge < -0.3 is 10.5 Å². The van der Waals surface area contributed by atoms with Gasteiger partial charge >= 0.3 is 0 Å². The van der Waals surface area contributed by atoms with Crippen molar-refractivity contribution in [2.75, 3.05) is 20.1 Å². The Bertz CT molecular complexity index is 529. The van der Waals surface area contributed by atoms with Crippen molar-refractivity contribution in [1.29, 1.82) is 0 Å². The molecule has 4 heteroatoms. The Morgan fingerprint density at radius 3 is 2.85 bits per heavy atom. The van der Waals surface area contributed by atoms with Crippen molar-refractivity contribution >= 4 is 11.6 Å². The molecule has 0 bridgehead atoms. The molecule has 2 atom stereocenters. The van der Waals surface area contributed by atoms with Crippen LogP contribution in [0.4, 0.5) is 0 Å². The number of hydrogen-bond acceptors (Lipinski definition) is 3. The molecule has 2 aliphatic rings. The maximum absolute atomic E-state index is 6.43. The Balaban J connectivity index is 1.92. The number of benzene rings is 1. The van der Waals surface area contributed by atoms with Gasteiger partial charge in [0.1, 0.15) is 11.4 Å². The lowest BCUT2D eigenvalue weighted by Crippen LogP contribution is -2.24. The first-order valence-corrected chi connectivity index (χ1v) is 7.69. The Hall–Kier alpha value is -0.770. The van der Waals surface area contributed by atoms with Crippen LogP contribution in [-0.2, 0) is 6.42 Å². The average Bonchev–Trinajstić information content (AvgIpc) is 2.88. The molecule has 1 aromatic carbocycles. The first-order valence-electron chi connectivity index (χ1n) is 7.31. The molecule has 2 aliphatic heterocycles. The molecule has 110 valence electrons. The van der Waals surface area contributed by atoms with Crippen LogP contribution in [0, 0.1) is 5.92 Å². The fourth-order valence-electron chi connectivity index (χ4n) is 3.55. The average molecular weight is 295 g/mol. The molecular weight excluding hydrogens is 272 g/mol. The van der Waals surface area contributed by atoms with E-state index < -0.39 is 0 Å². The summed E-state index contributed by atoms with van der Waals surface area (Å²) >= 11 is 6.43. The third-order valence-corrected chi connectivity index (χ3v) is 4.77. The molecule has 3 rings (SSSR count). The number of rotatable bonds is 2. The molecule has 0 amide bonds. The van der Waals surface area contributed by atoms with Gasteiger partial charge in [-0.1, -0.05) is 17.7 Å². The van der Waals surface area contributed by atoms with Crippen molar-refractivity contribution in [2.45, 2.75) is 38.3 Å². The number of hydrogen-bond donors (Lipinski definition) is 1. The summed E-state index contributed by atoms with van der Waals surface area (Å²) in [4.78, 5) is 2.39. The van der Waals surface area contributed by atoms with E-state index in [0.29, 0.717) is 12.0 Å². The first-order chi connectivity index (χ1) is 9.39. The highest BCUT2D eigenvalue weighted by Crippen LogP contribution is 2.44. The molecule has 2 N–H and O–H groups in total. The van der Waals surface area contributed by atoms with Gasteiger partial charge in [-0.2, -0.15) is 0 Å². The van der Waals surface area contributed by atoms with Crippen LogP contribution in [0.25, 0.3) is 0 Å². The smallest absolute Gasteiger partial charge is 0.142 e. The lowest BCUT2D eigenvalue weighted by molar-refractivity contribution is 0.138. The van der Waals surface area contributed by atoms with E-state index in [4.69, 9.17) is 22.1 Å². The summed E-state index contributed by atoms with van der Waals surface area (Å²) in [6.45, 7) is 6.04. The Morgan fingerprint density at radius 1 is 1.45 bits per heavy atom. The van der Waals surface area contributed by atoms with Crippen LogP contribution in [0.5, 0.6) is 5.75 Å². The number of halogens is 1. The minimum absolute atomic E-state index is 0.147. The Kier molecular flexibility index (Phi) is 3.47. The van der Waals surface area contributed by atoms with Gasteiger partial charge in [-0.05, 0) is 57.0 Å². The second-order valence-electron chi connectivity index (χ2n) is 6.82. The molecule has 0 aromatic heterocycles. The monoisotopic (exact) mass is 294 g/mol. The van der Waals surface area contributed by atoms with Gasteiger partial charge in [0.2, 0.25) is 0 Å². The number of nitrogens with two attached hydrogens (primary N) is 1. The standard InChI is InChI=1S/C16H23ClN2O/c1-16(2)7-12-5-11(6-13(17)15(12)20-16)14-4-10(8-18)9-19(14)3/h5-6,10,14H,4,7-9,18H2,1-3H3. The Labute approximate surface area is 126 Å². The zero-order valence-corrected chi connectivity index (χ0v) is 13.2. The van der Waals surface area contributed by atoms with Crippen LogP contribution < -0.4 is 10.5 Å². The topological polar surface area (TPSA) is 38.5 Å². The third-order valence-electron chi connectivity index (χ3n) is 4.49. The predicted molar refractivity (Wildman–Crippen MR) is 82.4 cm³/mol. The van der Waals surface area contributed by atoms with Gasteiger partial charge in [-0.15, -0.1) is 0 Å². The van der Waals surface area contributed by atoms with Crippen molar-refractivity contribution in [3.05, 3.63) is 28.3 Å². The van der Waals surface area contributed by atoms with Crippen LogP contribution in [0.15, 0.2) is 12.1 Å². The van der Waals surface area contributed by atoms with E-state index in [1.54, 1.807) is 0 Å². The van der Waals surface area contributed by atoms with Crippen LogP contribution in [0.1, 0.15) is 37.4 Å². The van der Waals surface area contributed by atoms with Gasteiger partial charge in [-0.25, -0.2) is 0 Å². The minimum Gasteiger partial charge on any atom is -0.486 e. The fraction of sp³-hybridized carbons (Fsp3) is 0.625. The zero-order valence-electron chi connectivity index (χ0n) is 12.4. The molecule has 2 heterocycles. The van der Waals surface area contributed by atoms with E-state index >= 15 is 0 Å². The van der Waals surface area contributed by atoms with E-state index in [9.17, 15) is 0 Å². The molecular formula is C16H23ClN2O. The minimum atomic E-state index is -0.147. The molecule has 20 heavy (non-hydrogen) atoms. The van der Waals surface area contributed by atoms with Crippen molar-refractivity contribution < 1.29 is 4.74 Å². The summed E-state index contributed by atoms with van der Waals surface area (Å²) in [5.41, 5.74) is 8.21. The van der Waals surface area contributed by atoms with Crippen LogP contribution in [0.3, 0.4) is 0 Å². The fourth-order valence-corrected chi connectivity index (χ4v) is 3.83. The van der Waals surface area contributed by atoms with E-state index in [1.165, 1.54) is 11.1 Å². The molecule has 0 radical (unpaired) electrons. The normalized spacial score (nSPS) is 28.4. The van der Waals surface area contributed by atoms with Crippen LogP contribution >= 0.6 is 11.6 Å². The van der Waals surface area contributed by atoms with Gasteiger partial charge in [0.15, 0.2) is 0 Å². The van der Waals surface area contributed by atoms with Crippen molar-refractivity contribution in [3.8, 4) is 5.75 Å². The first kappa shape index (κ1) is 14.2. The molecule has 2 unspecified atom stereocenters. The largest absolute Gasteiger partial charge is 0.486 e. The van der Waals surface area contributed by atoms with E-state index in [0.717, 1.165) is 36.7 Å². The maximum atomic E-state index is 6.43. The highest BCUT2D eigenvalue weighted by molar-refractivity contribution is 6.32. The third kappa shape index (κ3) is 2.43. The number of fused-ring (bicyclic) bond motifs is 1. The highest BCUT2D eigenvalue weighted by atomic mass is 35.5. The van der Waals surface area contributed by atoms with Gasteiger partial charge in [0, 0.05) is 19.0 Å². The van der Waals surface area contributed by atoms with Gasteiger partial charge in [0.25, 0.3) is 0 Å². The van der Waals surface area contributed by atoms with E-state index in [2.05, 4.69) is 37.9 Å². The summed E-state index contributed by atoms with van der Waals surface area (Å²) in [5, 5.41) is 0.743. The summed E-state index contributed by atoms with van der Waals surface area (Å²) in [7, 11) is 2.17. The number of likely N-dealkylation sites (tertiary alicyclic amines) is 1. The molecule has 0 aliphatic carbocycles. The summed E-state index contributed by atoms with van der Waals surface area (Å²) < 4.78 is 5.95. The summed E-state index contributed by atoms with van der Waals surface area (Å²) in [5.74, 6) is 1.46. The Morgan fingerprint density at radius 2 is 2.20 bits per heavy atom.